The van der Waals surface area contributed by atoms with Gasteiger partial charge < -0.3 is 10.6 Å². The van der Waals surface area contributed by atoms with Crippen molar-refractivity contribution in [2.75, 3.05) is 10.6 Å². The van der Waals surface area contributed by atoms with E-state index in [1.54, 1.807) is 37.3 Å². The number of anilines is 4. The van der Waals surface area contributed by atoms with E-state index in [1.165, 1.54) is 6.07 Å². The first-order valence-corrected chi connectivity index (χ1v) is 7.39. The van der Waals surface area contributed by atoms with Crippen LogP contribution in [-0.4, -0.2) is 9.97 Å². The first-order valence-electron chi connectivity index (χ1n) is 7.39. The monoisotopic (exact) mass is 337 g/mol. The van der Waals surface area contributed by atoms with Crippen molar-refractivity contribution in [2.24, 2.45) is 0 Å². The highest BCUT2D eigenvalue weighted by molar-refractivity contribution is 5.65. The van der Waals surface area contributed by atoms with Crippen molar-refractivity contribution in [1.29, 1.82) is 5.26 Å². The summed E-state index contributed by atoms with van der Waals surface area (Å²) in [6.07, 6.45) is 0. The highest BCUT2D eigenvalue weighted by atomic mass is 19.1. The van der Waals surface area contributed by atoms with Gasteiger partial charge in [-0.05, 0) is 31.2 Å². The van der Waals surface area contributed by atoms with E-state index in [-0.39, 0.29) is 17.5 Å². The number of nitriles is 1. The van der Waals surface area contributed by atoms with Crippen LogP contribution in [0.2, 0.25) is 0 Å². The van der Waals surface area contributed by atoms with Crippen LogP contribution in [0.4, 0.5) is 31.9 Å². The van der Waals surface area contributed by atoms with Crippen molar-refractivity contribution in [3.8, 4) is 6.07 Å². The molecule has 7 heteroatoms. The molecule has 5 nitrogen and oxygen atoms in total. The Morgan fingerprint density at radius 3 is 2.40 bits per heavy atom. The van der Waals surface area contributed by atoms with E-state index in [1.807, 2.05) is 0 Å². The molecule has 0 radical (unpaired) electrons. The lowest BCUT2D eigenvalue weighted by molar-refractivity contribution is 0.590. The van der Waals surface area contributed by atoms with Crippen LogP contribution in [0, 0.1) is 29.9 Å². The molecule has 0 bridgehead atoms. The van der Waals surface area contributed by atoms with E-state index in [9.17, 15) is 8.78 Å². The fourth-order valence-corrected chi connectivity index (χ4v) is 2.24. The summed E-state index contributed by atoms with van der Waals surface area (Å²) >= 11 is 0. The molecule has 0 amide bonds. The number of nitrogens with one attached hydrogen (secondary N) is 2. The number of para-hydroxylation sites is 2. The highest BCUT2D eigenvalue weighted by Crippen LogP contribution is 2.24. The van der Waals surface area contributed by atoms with Crippen LogP contribution in [0.1, 0.15) is 11.3 Å². The second-order valence-corrected chi connectivity index (χ2v) is 5.22. The molecule has 25 heavy (non-hydrogen) atoms. The molecule has 1 heterocycles. The molecule has 0 saturated carbocycles. The lowest BCUT2D eigenvalue weighted by Crippen LogP contribution is -2.05. The van der Waals surface area contributed by atoms with Gasteiger partial charge in [0.1, 0.15) is 29.2 Å². The standard InChI is InChI=1S/C18H13F2N5/c1-11-9-16(24-17-13(19)6-4-7-14(17)20)25-18(22-11)23-15-8-3-2-5-12(15)10-21/h2-9H,1H3,(H2,22,23,24,25). The Morgan fingerprint density at radius 1 is 0.960 bits per heavy atom. The molecule has 2 N–H and O–H groups in total. The Kier molecular flexibility index (Phi) is 4.53. The average Bonchev–Trinajstić information content (AvgIpc) is 2.58. The first-order chi connectivity index (χ1) is 12.1. The minimum atomic E-state index is -0.722. The van der Waals surface area contributed by atoms with E-state index in [0.717, 1.165) is 12.1 Å². The van der Waals surface area contributed by atoms with Gasteiger partial charge >= 0.3 is 0 Å². The first kappa shape index (κ1) is 16.3. The summed E-state index contributed by atoms with van der Waals surface area (Å²) in [6, 6.07) is 14.1. The number of aromatic nitrogens is 2. The molecule has 0 fully saturated rings. The van der Waals surface area contributed by atoms with Gasteiger partial charge in [0.05, 0.1) is 11.3 Å². The van der Waals surface area contributed by atoms with Crippen LogP contribution in [0.25, 0.3) is 0 Å². The van der Waals surface area contributed by atoms with Crippen molar-refractivity contribution in [3.05, 3.63) is 71.4 Å². The Labute approximate surface area is 143 Å². The minimum Gasteiger partial charge on any atom is -0.335 e. The summed E-state index contributed by atoms with van der Waals surface area (Å²) in [6.45, 7) is 1.73. The quantitative estimate of drug-likeness (QED) is 0.737. The second-order valence-electron chi connectivity index (χ2n) is 5.22. The summed E-state index contributed by atoms with van der Waals surface area (Å²) in [7, 11) is 0. The molecule has 0 unspecified atom stereocenters. The molecule has 0 aliphatic carbocycles. The van der Waals surface area contributed by atoms with Crippen molar-refractivity contribution in [2.45, 2.75) is 6.92 Å². The zero-order chi connectivity index (χ0) is 17.8. The summed E-state index contributed by atoms with van der Waals surface area (Å²) < 4.78 is 27.6. The van der Waals surface area contributed by atoms with Crippen molar-refractivity contribution >= 4 is 23.1 Å². The van der Waals surface area contributed by atoms with Crippen molar-refractivity contribution in [1.82, 2.24) is 9.97 Å². The van der Waals surface area contributed by atoms with Crippen LogP contribution in [-0.2, 0) is 0 Å². The summed E-state index contributed by atoms with van der Waals surface area (Å²) in [5, 5.41) is 14.7. The van der Waals surface area contributed by atoms with Gasteiger partial charge in [0.15, 0.2) is 0 Å². The number of halogens is 2. The van der Waals surface area contributed by atoms with Gasteiger partial charge in [-0.2, -0.15) is 10.2 Å². The molecule has 0 saturated heterocycles. The van der Waals surface area contributed by atoms with Gasteiger partial charge in [-0.3, -0.25) is 0 Å². The van der Waals surface area contributed by atoms with Crippen LogP contribution in [0.5, 0.6) is 0 Å². The normalized spacial score (nSPS) is 10.2. The Bertz CT molecular complexity index is 946. The van der Waals surface area contributed by atoms with Gasteiger partial charge in [-0.15, -0.1) is 0 Å². The molecule has 0 aliphatic heterocycles. The van der Waals surface area contributed by atoms with Gasteiger partial charge in [-0.1, -0.05) is 18.2 Å². The predicted molar refractivity (Wildman–Crippen MR) is 90.8 cm³/mol. The molecular formula is C18H13F2N5. The average molecular weight is 337 g/mol. The summed E-state index contributed by atoms with van der Waals surface area (Å²) in [5.74, 6) is -1.00. The highest BCUT2D eigenvalue weighted by Gasteiger charge is 2.11. The van der Waals surface area contributed by atoms with Crippen LogP contribution in [0.15, 0.2) is 48.5 Å². The molecular weight excluding hydrogens is 324 g/mol. The zero-order valence-electron chi connectivity index (χ0n) is 13.2. The minimum absolute atomic E-state index is 0.210. The molecule has 0 spiro atoms. The largest absolute Gasteiger partial charge is 0.335 e. The lowest BCUT2D eigenvalue weighted by atomic mass is 10.2. The molecule has 124 valence electrons. The Balaban J connectivity index is 1.92. The van der Waals surface area contributed by atoms with E-state index < -0.39 is 11.6 Å². The van der Waals surface area contributed by atoms with Crippen molar-refractivity contribution < 1.29 is 8.78 Å². The Hall–Kier alpha value is -3.53. The number of rotatable bonds is 4. The molecule has 1 aromatic heterocycles. The predicted octanol–water partition coefficient (Wildman–Crippen LogP) is 4.42. The van der Waals surface area contributed by atoms with Crippen LogP contribution in [0.3, 0.4) is 0 Å². The molecule has 3 rings (SSSR count). The van der Waals surface area contributed by atoms with Gasteiger partial charge in [0, 0.05) is 11.8 Å². The maximum atomic E-state index is 13.8. The third kappa shape index (κ3) is 3.70. The fourth-order valence-electron chi connectivity index (χ4n) is 2.24. The SMILES string of the molecule is Cc1cc(Nc2c(F)cccc2F)nc(Nc2ccccc2C#N)n1. The molecule has 2 aromatic carbocycles. The smallest absolute Gasteiger partial charge is 0.229 e. The Morgan fingerprint density at radius 2 is 1.68 bits per heavy atom. The second kappa shape index (κ2) is 6.93. The van der Waals surface area contributed by atoms with Crippen LogP contribution < -0.4 is 10.6 Å². The lowest BCUT2D eigenvalue weighted by Gasteiger charge is -2.11. The van der Waals surface area contributed by atoms with E-state index in [4.69, 9.17) is 5.26 Å². The number of hydrogen-bond acceptors (Lipinski definition) is 5. The van der Waals surface area contributed by atoms with E-state index in [2.05, 4.69) is 26.7 Å². The third-order valence-electron chi connectivity index (χ3n) is 3.36. The van der Waals surface area contributed by atoms with Crippen LogP contribution >= 0.6 is 0 Å². The van der Waals surface area contributed by atoms with Gasteiger partial charge in [0.2, 0.25) is 5.95 Å². The molecule has 0 atom stereocenters. The molecule has 0 aliphatic rings. The topological polar surface area (TPSA) is 73.6 Å². The maximum absolute atomic E-state index is 13.8. The zero-order valence-corrected chi connectivity index (χ0v) is 13.2. The summed E-state index contributed by atoms with van der Waals surface area (Å²) in [5.41, 5.74) is 1.27. The molecule has 3 aromatic rings. The van der Waals surface area contributed by atoms with Gasteiger partial charge in [0.25, 0.3) is 0 Å². The van der Waals surface area contributed by atoms with Crippen molar-refractivity contribution in [3.63, 3.8) is 0 Å². The number of benzene rings is 2. The summed E-state index contributed by atoms with van der Waals surface area (Å²) in [4.78, 5) is 8.44. The maximum Gasteiger partial charge on any atom is 0.229 e. The number of aryl methyl sites for hydroxylation is 1. The number of nitrogens with zero attached hydrogens (tertiary/aromatic N) is 3. The van der Waals surface area contributed by atoms with Gasteiger partial charge in [-0.25, -0.2) is 13.8 Å². The van der Waals surface area contributed by atoms with E-state index >= 15 is 0 Å². The third-order valence-corrected chi connectivity index (χ3v) is 3.36. The number of hydrogen-bond donors (Lipinski definition) is 2. The van der Waals surface area contributed by atoms with E-state index in [0.29, 0.717) is 16.9 Å². The fraction of sp³-hybridized carbons (Fsp3) is 0.0556.